The van der Waals surface area contributed by atoms with E-state index in [9.17, 15) is 0 Å². The van der Waals surface area contributed by atoms with Gasteiger partial charge in [0.15, 0.2) is 13.0 Å². The highest BCUT2D eigenvalue weighted by atomic mass is 31.2. The Morgan fingerprint density at radius 2 is 0.873 bits per heavy atom. The molecule has 55 heavy (non-hydrogen) atoms. The van der Waals surface area contributed by atoms with Gasteiger partial charge in [-0.3, -0.25) is 0 Å². The van der Waals surface area contributed by atoms with E-state index < -0.39 is 7.14 Å². The summed E-state index contributed by atoms with van der Waals surface area (Å²) in [5.41, 5.74) is 10.3. The number of aliphatic imine (C=N–C) groups is 2. The minimum atomic E-state index is -3.40. The Labute approximate surface area is 320 Å². The topological polar surface area (TPSA) is 67.8 Å². The molecule has 9 aromatic carbocycles. The van der Waals surface area contributed by atoms with Crippen molar-refractivity contribution in [3.05, 3.63) is 217 Å². The van der Waals surface area contributed by atoms with Gasteiger partial charge in [-0.1, -0.05) is 189 Å². The third kappa shape index (κ3) is 6.13. The minimum Gasteiger partial charge on any atom is -0.383 e. The van der Waals surface area contributed by atoms with Crippen molar-refractivity contribution in [2.24, 2.45) is 15.7 Å². The average molecular weight is 726 g/mol. The molecule has 0 bridgehead atoms. The predicted octanol–water partition coefficient (Wildman–Crippen LogP) is 10.8. The van der Waals surface area contributed by atoms with Crippen molar-refractivity contribution in [2.75, 3.05) is 0 Å². The maximum Gasteiger partial charge on any atom is 0.172 e. The summed E-state index contributed by atoms with van der Waals surface area (Å²) in [4.78, 5) is 10.3. The van der Waals surface area contributed by atoms with Gasteiger partial charge in [-0.05, 0) is 55.2 Å². The molecule has 0 radical (unpaired) electrons. The lowest BCUT2D eigenvalue weighted by molar-refractivity contribution is 0.593. The molecule has 4 nitrogen and oxygen atoms in total. The van der Waals surface area contributed by atoms with Crippen LogP contribution in [0.3, 0.4) is 0 Å². The monoisotopic (exact) mass is 725 g/mol. The highest BCUT2D eigenvalue weighted by molar-refractivity contribution is 7.86. The molecule has 0 amide bonds. The molecule has 0 aliphatic heterocycles. The summed E-state index contributed by atoms with van der Waals surface area (Å²) in [7, 11) is -3.40. The Morgan fingerprint density at radius 3 is 1.40 bits per heavy atom. The SMILES string of the molecule is C=C(N=C(N=C(N)c1c2ccccc2c(P(=O)(c2ccccc2)c2ccccc2)c2ccccc12)c1ccc2ccccc2c1)c1ccc2ccccc2c1. The summed E-state index contributed by atoms with van der Waals surface area (Å²) >= 11 is 0. The first-order chi connectivity index (χ1) is 27.0. The van der Waals surface area contributed by atoms with Crippen LogP contribution in [0.5, 0.6) is 0 Å². The molecule has 0 atom stereocenters. The van der Waals surface area contributed by atoms with Crippen molar-refractivity contribution in [3.63, 3.8) is 0 Å². The van der Waals surface area contributed by atoms with E-state index >= 15 is 4.57 Å². The Hall–Kier alpha value is -6.87. The molecule has 2 N–H and O–H groups in total. The summed E-state index contributed by atoms with van der Waals surface area (Å²) < 4.78 is 16.0. The van der Waals surface area contributed by atoms with Gasteiger partial charge in [0.2, 0.25) is 0 Å². The number of hydrogen-bond acceptors (Lipinski definition) is 2. The number of hydrogen-bond donors (Lipinski definition) is 1. The number of amidine groups is 2. The fourth-order valence-electron chi connectivity index (χ4n) is 7.62. The van der Waals surface area contributed by atoms with Gasteiger partial charge in [-0.15, -0.1) is 0 Å². The maximum absolute atomic E-state index is 16.0. The molecule has 9 aromatic rings. The van der Waals surface area contributed by atoms with E-state index in [2.05, 4.69) is 55.1 Å². The Kier molecular flexibility index (Phi) is 8.74. The van der Waals surface area contributed by atoms with E-state index in [0.29, 0.717) is 17.4 Å². The number of rotatable bonds is 7. The summed E-state index contributed by atoms with van der Waals surface area (Å²) in [6.45, 7) is 4.41. The van der Waals surface area contributed by atoms with E-state index in [4.69, 9.17) is 15.7 Å². The quantitative estimate of drug-likeness (QED) is 0.0769. The molecule has 0 aliphatic rings. The van der Waals surface area contributed by atoms with Crippen LogP contribution in [-0.2, 0) is 4.57 Å². The first-order valence-electron chi connectivity index (χ1n) is 18.2. The van der Waals surface area contributed by atoms with E-state index in [1.165, 1.54) is 0 Å². The number of nitrogens with two attached hydrogens (primary N) is 1. The fraction of sp³-hybridized carbons (Fsp3) is 0. The fourth-order valence-corrected chi connectivity index (χ4v) is 10.7. The van der Waals surface area contributed by atoms with Crippen LogP contribution in [0.4, 0.5) is 0 Å². The Morgan fingerprint density at radius 1 is 0.455 bits per heavy atom. The van der Waals surface area contributed by atoms with Gasteiger partial charge >= 0.3 is 0 Å². The second kappa shape index (κ2) is 14.2. The molecule has 0 aliphatic carbocycles. The van der Waals surface area contributed by atoms with Crippen LogP contribution < -0.4 is 21.6 Å². The second-order valence-corrected chi connectivity index (χ2v) is 16.3. The normalized spacial score (nSPS) is 12.4. The lowest BCUT2D eigenvalue weighted by Crippen LogP contribution is -2.27. The highest BCUT2D eigenvalue weighted by Crippen LogP contribution is 2.47. The standard InChI is InChI=1S/C50H36N3OP/c1-34(37-30-28-35-16-8-10-18-38(35)32-37)52-50(40-31-29-36-17-9-11-19-39(36)33-40)53-49(51)47-43-24-12-14-26-45(43)48(46-27-15-13-25-44(46)47)55(54,41-20-4-2-5-21-41)42-22-6-3-7-23-42/h2-33H,1H2,(H2,51,52,53). The Bertz CT molecular complexity index is 2940. The van der Waals surface area contributed by atoms with Gasteiger partial charge in [0, 0.05) is 32.6 Å². The number of nitrogens with zero attached hydrogens (tertiary/aromatic N) is 2. The van der Waals surface area contributed by atoms with Crippen LogP contribution >= 0.6 is 7.14 Å². The zero-order chi connectivity index (χ0) is 37.4. The molecule has 0 unspecified atom stereocenters. The van der Waals surface area contributed by atoms with Crippen molar-refractivity contribution in [1.82, 2.24) is 0 Å². The molecule has 0 saturated carbocycles. The van der Waals surface area contributed by atoms with Gasteiger partial charge in [0.1, 0.15) is 5.84 Å². The zero-order valence-corrected chi connectivity index (χ0v) is 30.9. The maximum atomic E-state index is 16.0. The van der Waals surface area contributed by atoms with E-state index in [1.807, 2.05) is 146 Å². The van der Waals surface area contributed by atoms with Crippen LogP contribution in [0.2, 0.25) is 0 Å². The van der Waals surface area contributed by atoms with Crippen LogP contribution in [0.25, 0.3) is 48.8 Å². The molecule has 0 heterocycles. The van der Waals surface area contributed by atoms with Gasteiger partial charge in [-0.2, -0.15) is 0 Å². The van der Waals surface area contributed by atoms with Crippen molar-refractivity contribution in [1.29, 1.82) is 0 Å². The molecule has 5 heteroatoms. The predicted molar refractivity (Wildman–Crippen MR) is 235 cm³/mol. The van der Waals surface area contributed by atoms with Gasteiger partial charge < -0.3 is 10.3 Å². The summed E-state index contributed by atoms with van der Waals surface area (Å²) in [5.74, 6) is 0.740. The van der Waals surface area contributed by atoms with Crippen LogP contribution in [-0.4, -0.2) is 11.7 Å². The van der Waals surface area contributed by atoms with Gasteiger partial charge in [0.25, 0.3) is 0 Å². The lowest BCUT2D eigenvalue weighted by atomic mass is 9.96. The summed E-state index contributed by atoms with van der Waals surface area (Å²) in [5, 5.41) is 10.2. The van der Waals surface area contributed by atoms with Gasteiger partial charge in [0.05, 0.1) is 5.70 Å². The largest absolute Gasteiger partial charge is 0.383 e. The van der Waals surface area contributed by atoms with Crippen molar-refractivity contribution >= 4 is 83.5 Å². The van der Waals surface area contributed by atoms with E-state index in [1.54, 1.807) is 0 Å². The third-order valence-electron chi connectivity index (χ3n) is 10.3. The highest BCUT2D eigenvalue weighted by Gasteiger charge is 2.34. The van der Waals surface area contributed by atoms with Crippen LogP contribution in [0.1, 0.15) is 16.7 Å². The molecule has 262 valence electrons. The first kappa shape index (κ1) is 33.9. The number of benzene rings is 9. The third-order valence-corrected chi connectivity index (χ3v) is 13.4. The molecule has 9 rings (SSSR count). The van der Waals surface area contributed by atoms with Crippen molar-refractivity contribution < 1.29 is 4.57 Å². The van der Waals surface area contributed by atoms with Crippen LogP contribution in [0, 0.1) is 0 Å². The lowest BCUT2D eigenvalue weighted by Gasteiger charge is -2.25. The zero-order valence-electron chi connectivity index (χ0n) is 30.0. The second-order valence-electron chi connectivity index (χ2n) is 13.6. The summed E-state index contributed by atoms with van der Waals surface area (Å²) in [6, 6.07) is 64.7. The first-order valence-corrected chi connectivity index (χ1v) is 20.0. The molecular weight excluding hydrogens is 690 g/mol. The molecule has 0 fully saturated rings. The summed E-state index contributed by atoms with van der Waals surface area (Å²) in [6.07, 6.45) is 0. The molecule has 0 saturated heterocycles. The average Bonchev–Trinajstić information content (AvgIpc) is 3.25. The van der Waals surface area contributed by atoms with Gasteiger partial charge in [-0.25, -0.2) is 9.98 Å². The molecular formula is C50H36N3OP. The van der Waals surface area contributed by atoms with Crippen molar-refractivity contribution in [2.45, 2.75) is 0 Å². The van der Waals surface area contributed by atoms with E-state index in [-0.39, 0.29) is 0 Å². The molecule has 0 aromatic heterocycles. The molecule has 0 spiro atoms. The van der Waals surface area contributed by atoms with Crippen LogP contribution in [0.15, 0.2) is 211 Å². The minimum absolute atomic E-state index is 0.298. The number of fused-ring (bicyclic) bond motifs is 4. The van der Waals surface area contributed by atoms with Crippen molar-refractivity contribution in [3.8, 4) is 0 Å². The Balaban J connectivity index is 1.29. The van der Waals surface area contributed by atoms with E-state index in [0.717, 1.165) is 75.7 Å². The smallest absolute Gasteiger partial charge is 0.172 e.